The average molecular weight is 585 g/mol. The van der Waals surface area contributed by atoms with Gasteiger partial charge >= 0.3 is 17.9 Å². The highest BCUT2D eigenvalue weighted by Crippen LogP contribution is 2.77. The summed E-state index contributed by atoms with van der Waals surface area (Å²) in [6.45, 7) is 21.1. The Morgan fingerprint density at radius 3 is 2.17 bits per heavy atom. The average Bonchev–Trinajstić information content (AvgIpc) is 3.28. The number of ether oxygens (including phenoxy) is 2. The van der Waals surface area contributed by atoms with E-state index in [4.69, 9.17) is 14.6 Å². The molecule has 5 fully saturated rings. The van der Waals surface area contributed by atoms with Gasteiger partial charge in [0.2, 0.25) is 0 Å². The van der Waals surface area contributed by atoms with Gasteiger partial charge in [-0.25, -0.2) is 0 Å². The van der Waals surface area contributed by atoms with Crippen LogP contribution in [0.5, 0.6) is 0 Å². The molecular formula is C36H56O6. The van der Waals surface area contributed by atoms with E-state index in [0.717, 1.165) is 38.5 Å². The van der Waals surface area contributed by atoms with E-state index < -0.39 is 5.97 Å². The molecule has 0 aromatic carbocycles. The van der Waals surface area contributed by atoms with Crippen molar-refractivity contribution in [2.45, 2.75) is 132 Å². The Balaban J connectivity index is 1.43. The van der Waals surface area contributed by atoms with E-state index in [1.807, 2.05) is 0 Å². The van der Waals surface area contributed by atoms with Gasteiger partial charge in [0, 0.05) is 17.8 Å². The number of hydrogen-bond acceptors (Lipinski definition) is 5. The fourth-order valence-electron chi connectivity index (χ4n) is 12.4. The quantitative estimate of drug-likeness (QED) is 0.241. The summed E-state index contributed by atoms with van der Waals surface area (Å²) in [7, 11) is 0. The fourth-order valence-corrected chi connectivity index (χ4v) is 12.4. The van der Waals surface area contributed by atoms with Crippen molar-refractivity contribution in [1.82, 2.24) is 0 Å². The summed E-state index contributed by atoms with van der Waals surface area (Å²) in [6.07, 6.45) is 11.0. The number of esters is 2. The third-order valence-electron chi connectivity index (χ3n) is 14.6. The van der Waals surface area contributed by atoms with Gasteiger partial charge in [-0.15, -0.1) is 0 Å². The molecule has 0 aromatic heterocycles. The number of carboxylic acid groups (broad SMARTS) is 1. The first-order chi connectivity index (χ1) is 19.5. The molecular weight excluding hydrogens is 528 g/mol. The Labute approximate surface area is 253 Å². The smallest absolute Gasteiger partial charge is 0.306 e. The Hall–Kier alpha value is -1.85. The Bertz CT molecular complexity index is 1130. The maximum Gasteiger partial charge on any atom is 0.306 e. The second-order valence-corrected chi connectivity index (χ2v) is 16.6. The lowest BCUT2D eigenvalue weighted by molar-refractivity contribution is -0.252. The first-order valence-electron chi connectivity index (χ1n) is 16.7. The molecule has 5 rings (SSSR count). The molecule has 5 saturated carbocycles. The summed E-state index contributed by atoms with van der Waals surface area (Å²) >= 11 is 0. The van der Waals surface area contributed by atoms with E-state index in [2.05, 4.69) is 48.1 Å². The van der Waals surface area contributed by atoms with E-state index in [0.29, 0.717) is 36.2 Å². The number of allylic oxidation sites excluding steroid dienone is 1. The highest BCUT2D eigenvalue weighted by molar-refractivity contribution is 5.76. The van der Waals surface area contributed by atoms with Crippen molar-refractivity contribution >= 4 is 17.9 Å². The van der Waals surface area contributed by atoms with Crippen LogP contribution in [0.15, 0.2) is 12.2 Å². The lowest BCUT2D eigenvalue weighted by Crippen LogP contribution is -2.67. The van der Waals surface area contributed by atoms with Crippen molar-refractivity contribution in [3.8, 4) is 0 Å². The van der Waals surface area contributed by atoms with Crippen molar-refractivity contribution in [3.63, 3.8) is 0 Å². The second-order valence-electron chi connectivity index (χ2n) is 16.6. The minimum absolute atomic E-state index is 0.00678. The summed E-state index contributed by atoms with van der Waals surface area (Å²) in [5.41, 5.74) is 1.82. The van der Waals surface area contributed by atoms with Crippen LogP contribution in [-0.4, -0.2) is 35.7 Å². The normalized spacial score (nSPS) is 45.4. The number of fused-ring (bicyclic) bond motifs is 7. The third kappa shape index (κ3) is 4.67. The summed E-state index contributed by atoms with van der Waals surface area (Å²) in [5.74, 6) is 1.10. The first-order valence-corrected chi connectivity index (χ1v) is 16.7. The molecule has 5 aliphatic rings. The Morgan fingerprint density at radius 2 is 1.52 bits per heavy atom. The zero-order valence-electron chi connectivity index (χ0n) is 27.4. The van der Waals surface area contributed by atoms with Gasteiger partial charge < -0.3 is 14.6 Å². The molecule has 0 aliphatic heterocycles. The lowest BCUT2D eigenvalue weighted by Gasteiger charge is -2.73. The maximum atomic E-state index is 12.5. The molecule has 0 saturated heterocycles. The van der Waals surface area contributed by atoms with Gasteiger partial charge in [-0.3, -0.25) is 14.4 Å². The zero-order valence-corrected chi connectivity index (χ0v) is 27.4. The third-order valence-corrected chi connectivity index (χ3v) is 14.6. The number of hydrogen-bond donors (Lipinski definition) is 1. The predicted molar refractivity (Wildman–Crippen MR) is 162 cm³/mol. The van der Waals surface area contributed by atoms with Gasteiger partial charge in [-0.2, -0.15) is 0 Å². The first kappa shape index (κ1) is 31.6. The van der Waals surface area contributed by atoms with Crippen LogP contribution in [0.25, 0.3) is 0 Å². The molecule has 0 radical (unpaired) electrons. The highest BCUT2D eigenvalue weighted by atomic mass is 16.5. The Morgan fingerprint density at radius 1 is 0.810 bits per heavy atom. The van der Waals surface area contributed by atoms with Crippen LogP contribution >= 0.6 is 0 Å². The van der Waals surface area contributed by atoms with E-state index in [1.165, 1.54) is 31.3 Å². The van der Waals surface area contributed by atoms with Crippen molar-refractivity contribution in [1.29, 1.82) is 0 Å². The fraction of sp³-hybridized carbons (Fsp3) is 0.861. The van der Waals surface area contributed by atoms with Gasteiger partial charge in [0.15, 0.2) is 0 Å². The van der Waals surface area contributed by atoms with Crippen molar-refractivity contribution in [2.75, 3.05) is 6.61 Å². The predicted octanol–water partition coefficient (Wildman–Crippen LogP) is 7.98. The van der Waals surface area contributed by atoms with Crippen LogP contribution in [0, 0.1) is 56.7 Å². The standard InChI is InChI=1S/C36H56O6/c1-22(2)24-13-18-36(21-41-30(40)12-11-29(38)39)20-19-34(7)25(31(24)36)9-10-27-33(6)16-15-28(42-23(3)37)32(4,5)26(33)14-17-35(27,34)8/h24-28,31H,1,9-21H2,2-8H3,(H,38,39)/t24-,25+,26-,27+,28?,31+,33-,34+,35+,36+/m0/s1. The topological polar surface area (TPSA) is 89.9 Å². The van der Waals surface area contributed by atoms with Gasteiger partial charge in [-0.1, -0.05) is 46.8 Å². The number of carboxylic acids is 1. The minimum Gasteiger partial charge on any atom is -0.481 e. The summed E-state index contributed by atoms with van der Waals surface area (Å²) in [4.78, 5) is 35.5. The largest absolute Gasteiger partial charge is 0.481 e. The molecule has 42 heavy (non-hydrogen) atoms. The second kappa shape index (κ2) is 10.6. The number of rotatable bonds is 7. The highest BCUT2D eigenvalue weighted by Gasteiger charge is 2.71. The van der Waals surface area contributed by atoms with E-state index in [1.54, 1.807) is 6.92 Å². The van der Waals surface area contributed by atoms with E-state index in [-0.39, 0.29) is 58.0 Å². The van der Waals surface area contributed by atoms with Gasteiger partial charge in [0.05, 0.1) is 19.4 Å². The molecule has 5 aliphatic carbocycles. The molecule has 6 nitrogen and oxygen atoms in total. The van der Waals surface area contributed by atoms with Crippen LogP contribution in [0.1, 0.15) is 126 Å². The number of carbonyl (C=O) groups excluding carboxylic acids is 2. The Kier molecular flexibility index (Phi) is 8.00. The monoisotopic (exact) mass is 584 g/mol. The van der Waals surface area contributed by atoms with Crippen LogP contribution in [0.4, 0.5) is 0 Å². The lowest BCUT2D eigenvalue weighted by atomic mass is 9.32. The molecule has 0 bridgehead atoms. The van der Waals surface area contributed by atoms with Gasteiger partial charge in [0.1, 0.15) is 6.10 Å². The van der Waals surface area contributed by atoms with Crippen molar-refractivity contribution in [3.05, 3.63) is 12.2 Å². The summed E-state index contributed by atoms with van der Waals surface area (Å²) < 4.78 is 11.8. The van der Waals surface area contributed by atoms with Crippen molar-refractivity contribution < 1.29 is 29.0 Å². The number of carbonyl (C=O) groups is 3. The zero-order chi connectivity index (χ0) is 30.9. The molecule has 0 spiro atoms. The molecule has 1 unspecified atom stereocenters. The van der Waals surface area contributed by atoms with Gasteiger partial charge in [0.25, 0.3) is 0 Å². The van der Waals surface area contributed by atoms with Gasteiger partial charge in [-0.05, 0) is 117 Å². The van der Waals surface area contributed by atoms with E-state index >= 15 is 0 Å². The SMILES string of the molecule is C=C(C)[C@@H]1CC[C@]2(COC(=O)CCC(=O)O)CC[C@]3(C)[C@H](CC[C@@H]4[C@@]5(C)CCC(OC(C)=O)C(C)(C)[C@@H]5CC[C@]43C)[C@@H]12. The molecule has 0 aromatic rings. The summed E-state index contributed by atoms with van der Waals surface area (Å²) in [5, 5.41) is 9.03. The molecule has 236 valence electrons. The number of aliphatic carboxylic acids is 1. The molecule has 6 heteroatoms. The van der Waals surface area contributed by atoms with Crippen LogP contribution < -0.4 is 0 Å². The van der Waals surface area contributed by atoms with Crippen LogP contribution in [-0.2, 0) is 23.9 Å². The van der Waals surface area contributed by atoms with Crippen molar-refractivity contribution in [2.24, 2.45) is 56.7 Å². The summed E-state index contributed by atoms with van der Waals surface area (Å²) in [6, 6.07) is 0. The molecule has 10 atom stereocenters. The minimum atomic E-state index is -0.962. The van der Waals surface area contributed by atoms with E-state index in [9.17, 15) is 14.4 Å². The molecule has 1 N–H and O–H groups in total. The molecule has 0 amide bonds. The maximum absolute atomic E-state index is 12.5. The van der Waals surface area contributed by atoms with Crippen LogP contribution in [0.3, 0.4) is 0 Å². The van der Waals surface area contributed by atoms with Crippen LogP contribution in [0.2, 0.25) is 0 Å². The molecule has 0 heterocycles.